The molecule has 2 amide bonds. The number of likely N-dealkylation sites (tertiary alicyclic amines) is 1. The molecular weight excluding hydrogens is 380 g/mol. The van der Waals surface area contributed by atoms with Crippen molar-refractivity contribution < 1.29 is 9.59 Å². The Bertz CT molecular complexity index is 877. The molecule has 1 aromatic carbocycles. The maximum atomic E-state index is 11.3. The van der Waals surface area contributed by atoms with Gasteiger partial charge in [0.25, 0.3) is 5.91 Å². The Balaban J connectivity index is 0.000000172. The zero-order valence-corrected chi connectivity index (χ0v) is 17.0. The number of rotatable bonds is 6. The number of H-pyrrole nitrogens is 1. The van der Waals surface area contributed by atoms with Crippen molar-refractivity contribution in [2.24, 2.45) is 17.6 Å². The number of nitrogens with zero attached hydrogens (tertiary/aromatic N) is 3. The molecule has 0 unspecified atom stereocenters. The van der Waals surface area contributed by atoms with E-state index in [1.165, 1.54) is 24.6 Å². The van der Waals surface area contributed by atoms with Gasteiger partial charge in [0.1, 0.15) is 11.4 Å². The molecule has 30 heavy (non-hydrogen) atoms. The fraction of sp³-hybridized carbons (Fsp3) is 0.455. The Hall–Kier alpha value is -3.18. The third-order valence-electron chi connectivity index (χ3n) is 5.44. The second-order valence-corrected chi connectivity index (χ2v) is 7.85. The van der Waals surface area contributed by atoms with E-state index < -0.39 is 5.91 Å². The van der Waals surface area contributed by atoms with Crippen molar-refractivity contribution in [2.75, 3.05) is 18.4 Å². The number of hydrogen-bond acceptors (Lipinski definition) is 5. The molecule has 1 aromatic heterocycles. The lowest BCUT2D eigenvalue weighted by atomic mass is 9.94. The molecular formula is C22H28N6O2. The number of amides is 2. The number of nitrogens with one attached hydrogen (secondary N) is 2. The van der Waals surface area contributed by atoms with E-state index in [-0.39, 0.29) is 23.2 Å². The van der Waals surface area contributed by atoms with Crippen LogP contribution in [-0.2, 0) is 11.3 Å². The third kappa shape index (κ3) is 6.42. The molecule has 0 bridgehead atoms. The largest absolute Gasteiger partial charge is 0.365 e. The number of aromatic amines is 1. The minimum Gasteiger partial charge on any atom is -0.365 e. The molecule has 1 aliphatic carbocycles. The lowest BCUT2D eigenvalue weighted by Gasteiger charge is -2.30. The van der Waals surface area contributed by atoms with Gasteiger partial charge in [0.05, 0.1) is 12.3 Å². The zero-order chi connectivity index (χ0) is 21.3. The fourth-order valence-electron chi connectivity index (χ4n) is 3.46. The first-order valence-corrected chi connectivity index (χ1v) is 10.3. The van der Waals surface area contributed by atoms with Gasteiger partial charge in [-0.2, -0.15) is 10.4 Å². The predicted octanol–water partition coefficient (Wildman–Crippen LogP) is 2.67. The second kappa shape index (κ2) is 10.6. The van der Waals surface area contributed by atoms with E-state index >= 15 is 0 Å². The second-order valence-electron chi connectivity index (χ2n) is 7.85. The lowest BCUT2D eigenvalue weighted by molar-refractivity contribution is -0.117. The molecule has 8 heteroatoms. The van der Waals surface area contributed by atoms with Crippen LogP contribution >= 0.6 is 0 Å². The van der Waals surface area contributed by atoms with Crippen LogP contribution in [0, 0.1) is 23.2 Å². The maximum Gasteiger partial charge on any atom is 0.254 e. The van der Waals surface area contributed by atoms with Crippen LogP contribution in [0.4, 0.5) is 5.82 Å². The number of nitrogens with two attached hydrogens (primary N) is 1. The molecule has 4 rings (SSSR count). The van der Waals surface area contributed by atoms with Gasteiger partial charge < -0.3 is 11.1 Å². The van der Waals surface area contributed by atoms with Crippen LogP contribution in [0.1, 0.15) is 48.0 Å². The summed E-state index contributed by atoms with van der Waals surface area (Å²) in [6.45, 7) is 3.34. The average molecular weight is 409 g/mol. The number of aromatic nitrogens is 2. The molecule has 1 saturated carbocycles. The molecule has 1 aliphatic heterocycles. The van der Waals surface area contributed by atoms with Gasteiger partial charge in [0.2, 0.25) is 5.91 Å². The minimum absolute atomic E-state index is 0.0824. The van der Waals surface area contributed by atoms with Crippen molar-refractivity contribution in [3.63, 3.8) is 0 Å². The van der Waals surface area contributed by atoms with Gasteiger partial charge in [-0.05, 0) is 50.3 Å². The average Bonchev–Trinajstić information content (AvgIpc) is 3.50. The van der Waals surface area contributed by atoms with Crippen LogP contribution in [0.25, 0.3) is 0 Å². The summed E-state index contributed by atoms with van der Waals surface area (Å²) in [7, 11) is 0. The van der Waals surface area contributed by atoms with Crippen LogP contribution < -0.4 is 11.1 Å². The molecule has 0 spiro atoms. The molecule has 2 aromatic rings. The Labute approximate surface area is 176 Å². The van der Waals surface area contributed by atoms with Gasteiger partial charge in [0.15, 0.2) is 0 Å². The third-order valence-corrected chi connectivity index (χ3v) is 5.44. The van der Waals surface area contributed by atoms with E-state index in [2.05, 4.69) is 56.8 Å². The molecule has 4 N–H and O–H groups in total. The van der Waals surface area contributed by atoms with Crippen molar-refractivity contribution >= 4 is 17.6 Å². The first-order valence-electron chi connectivity index (χ1n) is 10.3. The number of piperidine rings is 1. The smallest absolute Gasteiger partial charge is 0.254 e. The van der Waals surface area contributed by atoms with Gasteiger partial charge in [-0.3, -0.25) is 19.6 Å². The molecule has 8 nitrogen and oxygen atoms in total. The normalized spacial score (nSPS) is 16.8. The summed E-state index contributed by atoms with van der Waals surface area (Å²) >= 11 is 0. The summed E-state index contributed by atoms with van der Waals surface area (Å²) < 4.78 is 0. The Morgan fingerprint density at radius 2 is 1.90 bits per heavy atom. The monoisotopic (exact) mass is 408 g/mol. The number of carbonyl (C=O) groups is 2. The summed E-state index contributed by atoms with van der Waals surface area (Å²) in [4.78, 5) is 24.7. The van der Waals surface area contributed by atoms with Crippen LogP contribution in [0.15, 0.2) is 36.5 Å². The highest BCUT2D eigenvalue weighted by atomic mass is 16.2. The molecule has 1 saturated heterocycles. The van der Waals surface area contributed by atoms with Gasteiger partial charge in [-0.1, -0.05) is 30.3 Å². The minimum atomic E-state index is -0.607. The van der Waals surface area contributed by atoms with Crippen molar-refractivity contribution in [1.29, 1.82) is 5.26 Å². The van der Waals surface area contributed by atoms with Crippen LogP contribution in [-0.4, -0.2) is 40.0 Å². The summed E-state index contributed by atoms with van der Waals surface area (Å²) in [6, 6.07) is 12.9. The number of benzene rings is 1. The van der Waals surface area contributed by atoms with Gasteiger partial charge in [-0.25, -0.2) is 0 Å². The summed E-state index contributed by atoms with van der Waals surface area (Å²) in [5.74, 6) is 0.312. The Kier molecular flexibility index (Phi) is 7.57. The summed E-state index contributed by atoms with van der Waals surface area (Å²) in [6.07, 6.45) is 6.21. The van der Waals surface area contributed by atoms with E-state index in [0.717, 1.165) is 38.9 Å². The predicted molar refractivity (Wildman–Crippen MR) is 113 cm³/mol. The zero-order valence-electron chi connectivity index (χ0n) is 17.0. The van der Waals surface area contributed by atoms with Gasteiger partial charge >= 0.3 is 0 Å². The molecule has 0 atom stereocenters. The number of nitriles is 1. The van der Waals surface area contributed by atoms with Crippen molar-refractivity contribution in [2.45, 2.75) is 38.6 Å². The topological polar surface area (TPSA) is 128 Å². The van der Waals surface area contributed by atoms with Gasteiger partial charge in [0, 0.05) is 18.9 Å². The summed E-state index contributed by atoms with van der Waals surface area (Å²) in [5.41, 5.74) is 6.67. The number of primary amides is 1. The molecule has 2 heterocycles. The van der Waals surface area contributed by atoms with Crippen molar-refractivity contribution in [3.05, 3.63) is 47.7 Å². The van der Waals surface area contributed by atoms with E-state index in [4.69, 9.17) is 11.0 Å². The number of hydrogen-bond donors (Lipinski definition) is 3. The van der Waals surface area contributed by atoms with Crippen LogP contribution in [0.3, 0.4) is 0 Å². The SMILES string of the molecule is N#CCC1CCN(Cc2ccccc2)CC1.NC(=O)c1cn[nH]c1NC(=O)C1CC1. The standard InChI is InChI=1S/C14H18N2.C8H10N4O2/c15-9-6-13-7-10-16(11-8-13)12-14-4-2-1-3-5-14;9-6(13)5-3-10-12-7(5)11-8(14)4-1-2-4/h1-5,13H,6-8,10-12H2;3-4H,1-2H2,(H2,9,13)(H2,10,11,12,14). The highest BCUT2D eigenvalue weighted by Gasteiger charge is 2.30. The van der Waals surface area contributed by atoms with E-state index in [1.54, 1.807) is 0 Å². The van der Waals surface area contributed by atoms with E-state index in [0.29, 0.717) is 5.92 Å². The number of anilines is 1. The van der Waals surface area contributed by atoms with Crippen molar-refractivity contribution in [1.82, 2.24) is 15.1 Å². The first-order chi connectivity index (χ1) is 14.6. The number of carbonyl (C=O) groups excluding carboxylic acids is 2. The Morgan fingerprint density at radius 3 is 2.50 bits per heavy atom. The lowest BCUT2D eigenvalue weighted by Crippen LogP contribution is -2.33. The summed E-state index contributed by atoms with van der Waals surface area (Å²) in [5, 5.41) is 17.4. The molecule has 158 valence electrons. The van der Waals surface area contributed by atoms with Crippen LogP contribution in [0.2, 0.25) is 0 Å². The van der Waals surface area contributed by atoms with E-state index in [1.807, 2.05) is 0 Å². The molecule has 2 fully saturated rings. The highest BCUT2D eigenvalue weighted by molar-refractivity contribution is 6.02. The fourth-order valence-corrected chi connectivity index (χ4v) is 3.46. The van der Waals surface area contributed by atoms with Crippen LogP contribution in [0.5, 0.6) is 0 Å². The van der Waals surface area contributed by atoms with Crippen molar-refractivity contribution in [3.8, 4) is 6.07 Å². The van der Waals surface area contributed by atoms with E-state index in [9.17, 15) is 9.59 Å². The molecule has 2 aliphatic rings. The highest BCUT2D eigenvalue weighted by Crippen LogP contribution is 2.30. The first kappa shape index (κ1) is 21.5. The molecule has 0 radical (unpaired) electrons. The Morgan fingerprint density at radius 1 is 1.20 bits per heavy atom. The quantitative estimate of drug-likeness (QED) is 0.677. The van der Waals surface area contributed by atoms with Gasteiger partial charge in [-0.15, -0.1) is 0 Å². The maximum absolute atomic E-state index is 11.3.